The Morgan fingerprint density at radius 1 is 0.818 bits per heavy atom. The molecule has 2 fully saturated rings. The fourth-order valence-electron chi connectivity index (χ4n) is 5.52. The van der Waals surface area contributed by atoms with Crippen LogP contribution in [0.1, 0.15) is 92.4 Å². The van der Waals surface area contributed by atoms with E-state index in [1.165, 1.54) is 57.8 Å². The monoisotopic (exact) mass is 304 g/mol. The molecule has 0 heterocycles. The maximum absolute atomic E-state index is 4.04. The van der Waals surface area contributed by atoms with Crippen LogP contribution in [-0.2, 0) is 0 Å². The molecule has 0 aliphatic heterocycles. The zero-order valence-electron chi connectivity index (χ0n) is 16.0. The SMILES string of the molecule is C=CC(C)(C)CC(C)(C)C1CCC(C2CCC(C)CC2)CC1. The third-order valence-electron chi connectivity index (χ3n) is 7.07. The van der Waals surface area contributed by atoms with Gasteiger partial charge in [0, 0.05) is 0 Å². The van der Waals surface area contributed by atoms with E-state index in [1.54, 1.807) is 0 Å². The van der Waals surface area contributed by atoms with Gasteiger partial charge in [-0.1, -0.05) is 53.5 Å². The van der Waals surface area contributed by atoms with Crippen LogP contribution in [0.5, 0.6) is 0 Å². The summed E-state index contributed by atoms with van der Waals surface area (Å²) in [5, 5.41) is 0. The fourth-order valence-corrected chi connectivity index (χ4v) is 5.52. The van der Waals surface area contributed by atoms with Gasteiger partial charge in [0.2, 0.25) is 0 Å². The van der Waals surface area contributed by atoms with Gasteiger partial charge in [0.15, 0.2) is 0 Å². The summed E-state index contributed by atoms with van der Waals surface area (Å²) in [5.74, 6) is 4.02. The summed E-state index contributed by atoms with van der Waals surface area (Å²) in [6.07, 6.45) is 15.4. The first-order valence-electron chi connectivity index (χ1n) is 9.87. The molecule has 2 aliphatic rings. The molecule has 0 amide bonds. The van der Waals surface area contributed by atoms with Crippen molar-refractivity contribution >= 4 is 0 Å². The lowest BCUT2D eigenvalue weighted by Gasteiger charge is -2.44. The van der Waals surface area contributed by atoms with Crippen LogP contribution < -0.4 is 0 Å². The average Bonchev–Trinajstić information content (AvgIpc) is 2.47. The summed E-state index contributed by atoms with van der Waals surface area (Å²) in [7, 11) is 0. The summed E-state index contributed by atoms with van der Waals surface area (Å²) in [6.45, 7) is 16.2. The molecule has 22 heavy (non-hydrogen) atoms. The van der Waals surface area contributed by atoms with Gasteiger partial charge in [0.05, 0.1) is 0 Å². The second-order valence-electron chi connectivity index (χ2n) is 9.99. The highest BCUT2D eigenvalue weighted by Crippen LogP contribution is 2.49. The van der Waals surface area contributed by atoms with E-state index < -0.39 is 0 Å². The maximum Gasteiger partial charge on any atom is -0.0172 e. The molecule has 0 aromatic rings. The lowest BCUT2D eigenvalue weighted by molar-refractivity contribution is 0.0697. The highest BCUT2D eigenvalue weighted by molar-refractivity contribution is 4.95. The van der Waals surface area contributed by atoms with Gasteiger partial charge in [-0.2, -0.15) is 0 Å². The van der Waals surface area contributed by atoms with Crippen molar-refractivity contribution in [1.29, 1.82) is 0 Å². The molecule has 0 spiro atoms. The molecule has 0 nitrogen and oxygen atoms in total. The normalized spacial score (nSPS) is 34.4. The Hall–Kier alpha value is -0.260. The first-order chi connectivity index (χ1) is 10.2. The van der Waals surface area contributed by atoms with Gasteiger partial charge in [-0.15, -0.1) is 6.58 Å². The third-order valence-corrected chi connectivity index (χ3v) is 7.07. The average molecular weight is 305 g/mol. The van der Waals surface area contributed by atoms with E-state index in [4.69, 9.17) is 0 Å². The van der Waals surface area contributed by atoms with Crippen molar-refractivity contribution in [3.63, 3.8) is 0 Å². The summed E-state index contributed by atoms with van der Waals surface area (Å²) in [6, 6.07) is 0. The molecule has 0 unspecified atom stereocenters. The van der Waals surface area contributed by atoms with Gasteiger partial charge in [-0.05, 0) is 79.4 Å². The number of allylic oxidation sites excluding steroid dienone is 1. The van der Waals surface area contributed by atoms with E-state index in [0.29, 0.717) is 5.41 Å². The smallest absolute Gasteiger partial charge is 0.0172 e. The molecule has 128 valence electrons. The van der Waals surface area contributed by atoms with Crippen LogP contribution in [0.25, 0.3) is 0 Å². The number of rotatable bonds is 5. The lowest BCUT2D eigenvalue weighted by Crippen LogP contribution is -2.34. The summed E-state index contributed by atoms with van der Waals surface area (Å²) in [4.78, 5) is 0. The van der Waals surface area contributed by atoms with Crippen LogP contribution in [0.3, 0.4) is 0 Å². The van der Waals surface area contributed by atoms with E-state index in [1.807, 2.05) is 0 Å². The molecule has 0 radical (unpaired) electrons. The van der Waals surface area contributed by atoms with Crippen LogP contribution in [0.2, 0.25) is 0 Å². The molecule has 0 aromatic carbocycles. The first-order valence-corrected chi connectivity index (χ1v) is 9.87. The van der Waals surface area contributed by atoms with Crippen LogP contribution in [0.15, 0.2) is 12.7 Å². The van der Waals surface area contributed by atoms with E-state index in [0.717, 1.165) is 23.7 Å². The minimum atomic E-state index is 0.278. The molecule has 0 atom stereocenters. The van der Waals surface area contributed by atoms with Crippen molar-refractivity contribution in [2.75, 3.05) is 0 Å². The molecular formula is C22H40. The Labute approximate surface area is 140 Å². The van der Waals surface area contributed by atoms with E-state index in [-0.39, 0.29) is 5.41 Å². The predicted octanol–water partition coefficient (Wildman–Crippen LogP) is 7.25. The second-order valence-corrected chi connectivity index (χ2v) is 9.99. The summed E-state index contributed by atoms with van der Waals surface area (Å²) < 4.78 is 0. The lowest BCUT2D eigenvalue weighted by atomic mass is 9.61. The van der Waals surface area contributed by atoms with Crippen molar-refractivity contribution in [3.05, 3.63) is 12.7 Å². The van der Waals surface area contributed by atoms with Crippen molar-refractivity contribution in [3.8, 4) is 0 Å². The number of hydrogen-bond donors (Lipinski definition) is 0. The van der Waals surface area contributed by atoms with Crippen LogP contribution in [0, 0.1) is 34.5 Å². The Bertz CT molecular complexity index is 346. The zero-order valence-corrected chi connectivity index (χ0v) is 16.0. The van der Waals surface area contributed by atoms with Crippen molar-refractivity contribution in [2.45, 2.75) is 92.4 Å². The Morgan fingerprint density at radius 3 is 1.73 bits per heavy atom. The van der Waals surface area contributed by atoms with E-state index >= 15 is 0 Å². The fraction of sp³-hybridized carbons (Fsp3) is 0.909. The Balaban J connectivity index is 1.84. The third kappa shape index (κ3) is 4.62. The van der Waals surface area contributed by atoms with Crippen molar-refractivity contribution in [2.24, 2.45) is 34.5 Å². The molecule has 2 aliphatic carbocycles. The predicted molar refractivity (Wildman–Crippen MR) is 98.9 cm³/mol. The molecule has 2 rings (SSSR count). The Morgan fingerprint density at radius 2 is 1.27 bits per heavy atom. The van der Waals surface area contributed by atoms with Gasteiger partial charge in [-0.3, -0.25) is 0 Å². The van der Waals surface area contributed by atoms with Crippen LogP contribution >= 0.6 is 0 Å². The van der Waals surface area contributed by atoms with Crippen LogP contribution in [-0.4, -0.2) is 0 Å². The van der Waals surface area contributed by atoms with Gasteiger partial charge in [-0.25, -0.2) is 0 Å². The zero-order chi connectivity index (χ0) is 16.4. The van der Waals surface area contributed by atoms with Crippen molar-refractivity contribution < 1.29 is 0 Å². The standard InChI is InChI=1S/C22H40/c1-7-21(3,4)16-22(5,6)20-14-12-19(13-15-20)18-10-8-17(2)9-11-18/h7,17-20H,1,8-16H2,2-6H3. The number of hydrogen-bond acceptors (Lipinski definition) is 0. The summed E-state index contributed by atoms with van der Waals surface area (Å²) >= 11 is 0. The van der Waals surface area contributed by atoms with E-state index in [2.05, 4.69) is 47.3 Å². The van der Waals surface area contributed by atoms with E-state index in [9.17, 15) is 0 Å². The molecular weight excluding hydrogens is 264 g/mol. The maximum atomic E-state index is 4.04. The second kappa shape index (κ2) is 7.10. The molecule has 0 heteroatoms. The Kier molecular flexibility index (Phi) is 5.84. The van der Waals surface area contributed by atoms with Gasteiger partial charge in [0.25, 0.3) is 0 Å². The molecule has 2 saturated carbocycles. The van der Waals surface area contributed by atoms with Gasteiger partial charge in [0.1, 0.15) is 0 Å². The largest absolute Gasteiger partial charge is 0.103 e. The molecule has 0 bridgehead atoms. The highest BCUT2D eigenvalue weighted by Gasteiger charge is 2.38. The van der Waals surface area contributed by atoms with Crippen LogP contribution in [0.4, 0.5) is 0 Å². The van der Waals surface area contributed by atoms with Gasteiger partial charge >= 0.3 is 0 Å². The molecule has 0 N–H and O–H groups in total. The summed E-state index contributed by atoms with van der Waals surface area (Å²) in [5.41, 5.74) is 0.740. The van der Waals surface area contributed by atoms with Gasteiger partial charge < -0.3 is 0 Å². The first kappa shape index (κ1) is 18.1. The highest BCUT2D eigenvalue weighted by atomic mass is 14.4. The molecule has 0 saturated heterocycles. The minimum absolute atomic E-state index is 0.278. The topological polar surface area (TPSA) is 0 Å². The quantitative estimate of drug-likeness (QED) is 0.469. The molecule has 0 aromatic heterocycles. The van der Waals surface area contributed by atoms with Crippen molar-refractivity contribution in [1.82, 2.24) is 0 Å². The minimum Gasteiger partial charge on any atom is -0.103 e.